The second kappa shape index (κ2) is 3.64. The molecule has 1 fully saturated rings. The van der Waals surface area contributed by atoms with E-state index in [4.69, 9.17) is 17.3 Å². The Morgan fingerprint density at radius 1 is 1.54 bits per heavy atom. The van der Waals surface area contributed by atoms with Crippen LogP contribution < -0.4 is 5.73 Å². The van der Waals surface area contributed by atoms with Gasteiger partial charge in [0.05, 0.1) is 5.02 Å². The van der Waals surface area contributed by atoms with Gasteiger partial charge in [0.2, 0.25) is 0 Å². The lowest BCUT2D eigenvalue weighted by molar-refractivity contribution is 0.264. The van der Waals surface area contributed by atoms with E-state index in [1.54, 1.807) is 12.4 Å². The molecule has 1 aliphatic carbocycles. The average molecular weight is 197 g/mol. The Kier molecular flexibility index (Phi) is 2.51. The van der Waals surface area contributed by atoms with Gasteiger partial charge in [-0.15, -0.1) is 0 Å². The summed E-state index contributed by atoms with van der Waals surface area (Å²) in [5.74, 6) is 0.625. The quantitative estimate of drug-likeness (QED) is 0.790. The lowest BCUT2D eigenvalue weighted by Crippen LogP contribution is -2.27. The Labute approximate surface area is 83.1 Å². The van der Waals surface area contributed by atoms with Gasteiger partial charge in [0.25, 0.3) is 0 Å². The molecular formula is C10H13ClN2. The predicted molar refractivity (Wildman–Crippen MR) is 53.5 cm³/mol. The second-order valence-corrected chi connectivity index (χ2v) is 4.02. The van der Waals surface area contributed by atoms with E-state index in [-0.39, 0.29) is 6.04 Å². The summed E-state index contributed by atoms with van der Waals surface area (Å²) in [7, 11) is 0. The first-order chi connectivity index (χ1) is 6.29. The molecule has 0 bridgehead atoms. The molecule has 0 aromatic carbocycles. The Morgan fingerprint density at radius 3 is 2.85 bits per heavy atom. The number of nitrogens with zero attached hydrogens (tertiary/aromatic N) is 1. The predicted octanol–water partition coefficient (Wildman–Crippen LogP) is 2.53. The maximum absolute atomic E-state index is 6.09. The van der Waals surface area contributed by atoms with Crippen LogP contribution in [0.5, 0.6) is 0 Å². The van der Waals surface area contributed by atoms with Gasteiger partial charge in [0.15, 0.2) is 0 Å². The number of halogens is 1. The summed E-state index contributed by atoms with van der Waals surface area (Å²) in [5, 5.41) is 0.696. The standard InChI is InChI=1S/C10H13ClN2/c11-9-6-13-5-4-8(9)10(12)7-2-1-3-7/h4-7,10H,1-3,12H2. The topological polar surface area (TPSA) is 38.9 Å². The first-order valence-corrected chi connectivity index (χ1v) is 5.02. The molecule has 1 aromatic heterocycles. The highest BCUT2D eigenvalue weighted by Gasteiger charge is 2.26. The van der Waals surface area contributed by atoms with Crippen molar-refractivity contribution in [3.05, 3.63) is 29.0 Å². The third-order valence-corrected chi connectivity index (χ3v) is 3.14. The minimum atomic E-state index is 0.101. The molecule has 0 aliphatic heterocycles. The first kappa shape index (κ1) is 8.97. The van der Waals surface area contributed by atoms with Crippen LogP contribution in [0.2, 0.25) is 5.02 Å². The Balaban J connectivity index is 2.18. The maximum Gasteiger partial charge on any atom is 0.0637 e. The number of hydrogen-bond acceptors (Lipinski definition) is 2. The molecule has 1 aromatic rings. The van der Waals surface area contributed by atoms with Gasteiger partial charge in [0, 0.05) is 18.4 Å². The van der Waals surface area contributed by atoms with Crippen LogP contribution >= 0.6 is 11.6 Å². The summed E-state index contributed by atoms with van der Waals surface area (Å²) in [6.07, 6.45) is 7.19. The summed E-state index contributed by atoms with van der Waals surface area (Å²) >= 11 is 6.00. The maximum atomic E-state index is 6.09. The highest BCUT2D eigenvalue weighted by molar-refractivity contribution is 6.31. The van der Waals surface area contributed by atoms with Gasteiger partial charge >= 0.3 is 0 Å². The molecule has 0 radical (unpaired) electrons. The van der Waals surface area contributed by atoms with Gasteiger partial charge in [-0.25, -0.2) is 0 Å². The van der Waals surface area contributed by atoms with Crippen molar-refractivity contribution < 1.29 is 0 Å². The summed E-state index contributed by atoms with van der Waals surface area (Å²) in [4.78, 5) is 3.94. The van der Waals surface area contributed by atoms with Crippen molar-refractivity contribution in [2.24, 2.45) is 11.7 Å². The van der Waals surface area contributed by atoms with E-state index in [9.17, 15) is 0 Å². The lowest BCUT2D eigenvalue weighted by atomic mass is 9.78. The summed E-state index contributed by atoms with van der Waals surface area (Å²) in [5.41, 5.74) is 7.13. The third kappa shape index (κ3) is 1.69. The molecule has 1 aliphatic rings. The number of aromatic nitrogens is 1. The van der Waals surface area contributed by atoms with Crippen LogP contribution in [-0.4, -0.2) is 4.98 Å². The van der Waals surface area contributed by atoms with Crippen molar-refractivity contribution in [3.8, 4) is 0 Å². The fraction of sp³-hybridized carbons (Fsp3) is 0.500. The van der Waals surface area contributed by atoms with Gasteiger partial charge in [-0.1, -0.05) is 18.0 Å². The van der Waals surface area contributed by atoms with Crippen LogP contribution in [0, 0.1) is 5.92 Å². The van der Waals surface area contributed by atoms with Gasteiger partial charge < -0.3 is 5.73 Å². The van der Waals surface area contributed by atoms with Crippen LogP contribution in [0.3, 0.4) is 0 Å². The zero-order valence-corrected chi connectivity index (χ0v) is 8.17. The van der Waals surface area contributed by atoms with Crippen LogP contribution in [0.15, 0.2) is 18.5 Å². The highest BCUT2D eigenvalue weighted by Crippen LogP contribution is 2.37. The average Bonchev–Trinajstić information content (AvgIpc) is 2.01. The van der Waals surface area contributed by atoms with Crippen molar-refractivity contribution in [2.45, 2.75) is 25.3 Å². The number of nitrogens with two attached hydrogens (primary N) is 1. The van der Waals surface area contributed by atoms with Crippen LogP contribution in [0.1, 0.15) is 30.9 Å². The fourth-order valence-electron chi connectivity index (χ4n) is 1.71. The van der Waals surface area contributed by atoms with Gasteiger partial charge in [-0.2, -0.15) is 0 Å². The van der Waals surface area contributed by atoms with Gasteiger partial charge in [-0.05, 0) is 30.4 Å². The summed E-state index contributed by atoms with van der Waals surface area (Å²) in [6, 6.07) is 2.02. The Bertz CT molecular complexity index is 297. The number of hydrogen-bond donors (Lipinski definition) is 1. The molecule has 0 saturated heterocycles. The molecule has 2 N–H and O–H groups in total. The largest absolute Gasteiger partial charge is 0.324 e. The van der Waals surface area contributed by atoms with Crippen molar-refractivity contribution in [1.29, 1.82) is 0 Å². The van der Waals surface area contributed by atoms with Crippen molar-refractivity contribution in [1.82, 2.24) is 4.98 Å². The van der Waals surface area contributed by atoms with E-state index in [0.29, 0.717) is 10.9 Å². The molecule has 0 amide bonds. The second-order valence-electron chi connectivity index (χ2n) is 3.61. The molecule has 3 heteroatoms. The van der Waals surface area contributed by atoms with Gasteiger partial charge in [-0.3, -0.25) is 4.98 Å². The molecular weight excluding hydrogens is 184 g/mol. The summed E-state index contributed by atoms with van der Waals surface area (Å²) < 4.78 is 0. The molecule has 1 atom stereocenters. The monoisotopic (exact) mass is 196 g/mol. The van der Waals surface area contributed by atoms with E-state index in [0.717, 1.165) is 5.56 Å². The van der Waals surface area contributed by atoms with E-state index in [2.05, 4.69) is 4.98 Å². The van der Waals surface area contributed by atoms with Crippen LogP contribution in [0.4, 0.5) is 0 Å². The molecule has 70 valence electrons. The minimum absolute atomic E-state index is 0.101. The molecule has 1 saturated carbocycles. The molecule has 0 spiro atoms. The lowest BCUT2D eigenvalue weighted by Gasteiger charge is -2.31. The SMILES string of the molecule is NC(c1ccncc1Cl)C1CCC1. The van der Waals surface area contributed by atoms with Crippen LogP contribution in [0.25, 0.3) is 0 Å². The number of rotatable bonds is 2. The van der Waals surface area contributed by atoms with Crippen molar-refractivity contribution in [3.63, 3.8) is 0 Å². The third-order valence-electron chi connectivity index (χ3n) is 2.82. The molecule has 1 unspecified atom stereocenters. The van der Waals surface area contributed by atoms with Gasteiger partial charge in [0.1, 0.15) is 0 Å². The van der Waals surface area contributed by atoms with Crippen molar-refractivity contribution in [2.75, 3.05) is 0 Å². The molecule has 13 heavy (non-hydrogen) atoms. The minimum Gasteiger partial charge on any atom is -0.324 e. The number of pyridine rings is 1. The van der Waals surface area contributed by atoms with Crippen LogP contribution in [-0.2, 0) is 0 Å². The van der Waals surface area contributed by atoms with E-state index in [1.807, 2.05) is 6.07 Å². The highest BCUT2D eigenvalue weighted by atomic mass is 35.5. The first-order valence-electron chi connectivity index (χ1n) is 4.64. The normalized spacial score (nSPS) is 19.5. The molecule has 2 nitrogen and oxygen atoms in total. The van der Waals surface area contributed by atoms with E-state index in [1.165, 1.54) is 19.3 Å². The fourth-order valence-corrected chi connectivity index (χ4v) is 1.95. The van der Waals surface area contributed by atoms with Crippen molar-refractivity contribution >= 4 is 11.6 Å². The van der Waals surface area contributed by atoms with E-state index >= 15 is 0 Å². The smallest absolute Gasteiger partial charge is 0.0637 e. The Morgan fingerprint density at radius 2 is 2.31 bits per heavy atom. The summed E-state index contributed by atoms with van der Waals surface area (Å²) in [6.45, 7) is 0. The zero-order valence-electron chi connectivity index (χ0n) is 7.41. The Hall–Kier alpha value is -0.600. The molecule has 2 rings (SSSR count). The molecule has 1 heterocycles. The van der Waals surface area contributed by atoms with E-state index < -0.39 is 0 Å². The zero-order chi connectivity index (χ0) is 9.26.